The summed E-state index contributed by atoms with van der Waals surface area (Å²) in [6.07, 6.45) is 0.740. The van der Waals surface area contributed by atoms with Crippen LogP contribution in [0.25, 0.3) is 11.3 Å². The molecule has 126 valence electrons. The van der Waals surface area contributed by atoms with Gasteiger partial charge in [0.2, 0.25) is 0 Å². The Morgan fingerprint density at radius 1 is 1.38 bits per heavy atom. The molecule has 2 aromatic rings. The molecule has 1 amide bonds. The van der Waals surface area contributed by atoms with Gasteiger partial charge in [-0.3, -0.25) is 14.7 Å². The monoisotopic (exact) mass is 333 g/mol. The number of nitrogens with one attached hydrogen (secondary N) is 1. The Kier molecular flexibility index (Phi) is 4.57. The van der Waals surface area contributed by atoms with E-state index in [2.05, 4.69) is 10.2 Å². The number of H-pyrrole nitrogens is 1. The van der Waals surface area contributed by atoms with E-state index in [9.17, 15) is 14.0 Å². The zero-order chi connectivity index (χ0) is 17.1. The highest BCUT2D eigenvalue weighted by Crippen LogP contribution is 2.23. The summed E-state index contributed by atoms with van der Waals surface area (Å²) in [7, 11) is 0. The van der Waals surface area contributed by atoms with Crippen molar-refractivity contribution in [2.45, 2.75) is 12.5 Å². The molecule has 0 radical (unpaired) electrons. The van der Waals surface area contributed by atoms with E-state index in [1.54, 1.807) is 17.0 Å². The average Bonchev–Trinajstić information content (AvgIpc) is 3.04. The quantitative estimate of drug-likeness (QED) is 0.885. The summed E-state index contributed by atoms with van der Waals surface area (Å²) in [5.74, 6) is -1.60. The molecule has 7 nitrogen and oxygen atoms in total. The second-order valence-corrected chi connectivity index (χ2v) is 5.51. The van der Waals surface area contributed by atoms with Crippen LogP contribution in [0.1, 0.15) is 16.8 Å². The molecule has 1 aromatic heterocycles. The van der Waals surface area contributed by atoms with E-state index in [0.29, 0.717) is 23.4 Å². The molecule has 1 fully saturated rings. The van der Waals surface area contributed by atoms with Crippen LogP contribution in [-0.2, 0) is 9.53 Å². The predicted octanol–water partition coefficient (Wildman–Crippen LogP) is 1.53. The fourth-order valence-corrected chi connectivity index (χ4v) is 2.68. The van der Waals surface area contributed by atoms with Crippen LogP contribution in [0.4, 0.5) is 4.39 Å². The molecule has 3 rings (SSSR count). The maximum Gasteiger partial charge on any atom is 0.306 e. The Hall–Kier alpha value is -2.74. The topological polar surface area (TPSA) is 95.5 Å². The number of halogens is 1. The highest BCUT2D eigenvalue weighted by Gasteiger charge is 2.28. The number of aromatic nitrogens is 2. The van der Waals surface area contributed by atoms with E-state index in [-0.39, 0.29) is 31.3 Å². The number of nitrogens with zero attached hydrogens (tertiary/aromatic N) is 2. The van der Waals surface area contributed by atoms with Crippen LogP contribution in [0.5, 0.6) is 0 Å². The van der Waals surface area contributed by atoms with Gasteiger partial charge in [0.1, 0.15) is 5.82 Å². The van der Waals surface area contributed by atoms with Crippen LogP contribution in [0.3, 0.4) is 0 Å². The van der Waals surface area contributed by atoms with Crippen LogP contribution in [0, 0.1) is 5.82 Å². The summed E-state index contributed by atoms with van der Waals surface area (Å²) in [5, 5.41) is 15.5. The number of ether oxygens (including phenoxy) is 1. The lowest BCUT2D eigenvalue weighted by molar-refractivity contribution is -0.141. The molecule has 1 unspecified atom stereocenters. The normalized spacial score (nSPS) is 17.7. The molecule has 1 aliphatic heterocycles. The van der Waals surface area contributed by atoms with E-state index in [1.165, 1.54) is 18.3 Å². The molecule has 8 heteroatoms. The molecule has 1 saturated heterocycles. The minimum absolute atomic E-state index is 0.153. The average molecular weight is 333 g/mol. The molecule has 24 heavy (non-hydrogen) atoms. The fourth-order valence-electron chi connectivity index (χ4n) is 2.68. The molecule has 0 spiro atoms. The Morgan fingerprint density at radius 3 is 2.83 bits per heavy atom. The Balaban J connectivity index is 1.79. The van der Waals surface area contributed by atoms with Crippen LogP contribution >= 0.6 is 0 Å². The summed E-state index contributed by atoms with van der Waals surface area (Å²) in [6, 6.07) is 5.74. The van der Waals surface area contributed by atoms with Gasteiger partial charge in [0.05, 0.1) is 36.6 Å². The predicted molar refractivity (Wildman–Crippen MR) is 81.9 cm³/mol. The SMILES string of the molecule is O=C(O)CC1CN(C(=O)c2cn[nH]c2-c2ccc(F)cc2)CCO1. The maximum absolute atomic E-state index is 13.1. The van der Waals surface area contributed by atoms with Gasteiger partial charge in [-0.2, -0.15) is 5.10 Å². The second kappa shape index (κ2) is 6.79. The molecule has 1 aromatic carbocycles. The summed E-state index contributed by atoms with van der Waals surface area (Å²) in [4.78, 5) is 25.1. The summed E-state index contributed by atoms with van der Waals surface area (Å²) in [6.45, 7) is 0.871. The number of hydrogen-bond donors (Lipinski definition) is 2. The number of morpholine rings is 1. The third kappa shape index (κ3) is 3.43. The Labute approximate surface area is 137 Å². The first-order chi connectivity index (χ1) is 11.5. The number of carbonyl (C=O) groups excluding carboxylic acids is 1. The fraction of sp³-hybridized carbons (Fsp3) is 0.312. The minimum atomic E-state index is -0.968. The van der Waals surface area contributed by atoms with Gasteiger partial charge >= 0.3 is 5.97 Å². The van der Waals surface area contributed by atoms with Crippen molar-refractivity contribution in [3.05, 3.63) is 41.8 Å². The van der Waals surface area contributed by atoms with Gasteiger partial charge in [-0.15, -0.1) is 0 Å². The lowest BCUT2D eigenvalue weighted by Gasteiger charge is -2.32. The molecule has 1 aliphatic rings. The van der Waals surface area contributed by atoms with Crippen molar-refractivity contribution in [1.29, 1.82) is 0 Å². The summed E-state index contributed by atoms with van der Waals surface area (Å²) >= 11 is 0. The summed E-state index contributed by atoms with van der Waals surface area (Å²) in [5.41, 5.74) is 1.51. The van der Waals surface area contributed by atoms with Crippen LogP contribution < -0.4 is 0 Å². The number of aromatic amines is 1. The van der Waals surface area contributed by atoms with Gasteiger partial charge < -0.3 is 14.7 Å². The van der Waals surface area contributed by atoms with Gasteiger partial charge in [-0.1, -0.05) is 0 Å². The maximum atomic E-state index is 13.1. The first-order valence-electron chi connectivity index (χ1n) is 7.46. The van der Waals surface area contributed by atoms with Crippen molar-refractivity contribution in [3.8, 4) is 11.3 Å². The molecular weight excluding hydrogens is 317 g/mol. The van der Waals surface area contributed by atoms with Gasteiger partial charge in [0, 0.05) is 18.7 Å². The summed E-state index contributed by atoms with van der Waals surface area (Å²) < 4.78 is 18.4. The van der Waals surface area contributed by atoms with Gasteiger partial charge in [0.25, 0.3) is 5.91 Å². The van der Waals surface area contributed by atoms with Gasteiger partial charge in [-0.05, 0) is 24.3 Å². The van der Waals surface area contributed by atoms with Crippen molar-refractivity contribution >= 4 is 11.9 Å². The molecule has 0 aliphatic carbocycles. The van der Waals surface area contributed by atoms with Crippen molar-refractivity contribution in [2.75, 3.05) is 19.7 Å². The number of hydrogen-bond acceptors (Lipinski definition) is 4. The lowest BCUT2D eigenvalue weighted by atomic mass is 10.1. The van der Waals surface area contributed by atoms with Gasteiger partial charge in [-0.25, -0.2) is 4.39 Å². The molecule has 0 bridgehead atoms. The number of benzene rings is 1. The van der Waals surface area contributed by atoms with Gasteiger partial charge in [0.15, 0.2) is 0 Å². The second-order valence-electron chi connectivity index (χ2n) is 5.51. The number of rotatable bonds is 4. The number of amides is 1. The molecule has 2 heterocycles. The van der Waals surface area contributed by atoms with E-state index in [1.807, 2.05) is 0 Å². The Morgan fingerprint density at radius 2 is 2.12 bits per heavy atom. The largest absolute Gasteiger partial charge is 0.481 e. The number of carboxylic acid groups (broad SMARTS) is 1. The first-order valence-corrected chi connectivity index (χ1v) is 7.46. The van der Waals surface area contributed by atoms with Crippen molar-refractivity contribution in [3.63, 3.8) is 0 Å². The lowest BCUT2D eigenvalue weighted by Crippen LogP contribution is -2.46. The highest BCUT2D eigenvalue weighted by atomic mass is 19.1. The van der Waals surface area contributed by atoms with Crippen molar-refractivity contribution in [2.24, 2.45) is 0 Å². The zero-order valence-corrected chi connectivity index (χ0v) is 12.7. The zero-order valence-electron chi connectivity index (χ0n) is 12.7. The van der Waals surface area contributed by atoms with Crippen LogP contribution in [0.2, 0.25) is 0 Å². The number of carbonyl (C=O) groups is 2. The number of aliphatic carboxylic acids is 1. The molecule has 0 saturated carbocycles. The van der Waals surface area contributed by atoms with Crippen molar-refractivity contribution < 1.29 is 23.8 Å². The van der Waals surface area contributed by atoms with E-state index in [4.69, 9.17) is 9.84 Å². The third-order valence-corrected chi connectivity index (χ3v) is 3.83. The first kappa shape index (κ1) is 16.1. The van der Waals surface area contributed by atoms with Crippen LogP contribution in [0.15, 0.2) is 30.5 Å². The van der Waals surface area contributed by atoms with E-state index < -0.39 is 12.1 Å². The minimum Gasteiger partial charge on any atom is -0.481 e. The van der Waals surface area contributed by atoms with Crippen molar-refractivity contribution in [1.82, 2.24) is 15.1 Å². The standard InChI is InChI=1S/C16H16FN3O4/c17-11-3-1-10(2-4-11)15-13(8-18-19-15)16(23)20-5-6-24-12(9-20)7-14(21)22/h1-4,8,12H,5-7,9H2,(H,18,19)(H,21,22). The van der Waals surface area contributed by atoms with E-state index in [0.717, 1.165) is 0 Å². The smallest absolute Gasteiger partial charge is 0.306 e. The van der Waals surface area contributed by atoms with E-state index >= 15 is 0 Å². The Bertz CT molecular complexity index is 744. The number of carboxylic acids is 1. The highest BCUT2D eigenvalue weighted by molar-refractivity contribution is 5.99. The third-order valence-electron chi connectivity index (χ3n) is 3.83. The van der Waals surface area contributed by atoms with Crippen LogP contribution in [-0.4, -0.2) is 57.9 Å². The molecular formula is C16H16FN3O4. The molecule has 1 atom stereocenters. The molecule has 2 N–H and O–H groups in total.